The number of rotatable bonds is 4. The second kappa shape index (κ2) is 4.89. The lowest BCUT2D eigenvalue weighted by molar-refractivity contribution is 1.17. The smallest absolute Gasteiger partial charge is 0.0124 e. The van der Waals surface area contributed by atoms with Crippen LogP contribution < -0.4 is 0 Å². The summed E-state index contributed by atoms with van der Waals surface area (Å²) in [6.07, 6.45) is 3.68. The van der Waals surface area contributed by atoms with Gasteiger partial charge in [-0.3, -0.25) is 0 Å². The van der Waals surface area contributed by atoms with E-state index in [-0.39, 0.29) is 0 Å². The number of allylic oxidation sites excluding steroid dienone is 3. The predicted molar refractivity (Wildman–Crippen MR) is 51.2 cm³/mol. The van der Waals surface area contributed by atoms with Crippen molar-refractivity contribution in [3.05, 3.63) is 23.8 Å². The molecule has 0 saturated carbocycles. The molecule has 0 saturated heterocycles. The Morgan fingerprint density at radius 3 is 2.36 bits per heavy atom. The van der Waals surface area contributed by atoms with Gasteiger partial charge in [0.05, 0.1) is 0 Å². The Balaban J connectivity index is 3.92. The van der Waals surface area contributed by atoms with Crippen LogP contribution >= 0.6 is 0 Å². The molecule has 0 unspecified atom stereocenters. The molecule has 0 bridgehead atoms. The molecule has 0 fully saturated rings. The summed E-state index contributed by atoms with van der Waals surface area (Å²) in [6, 6.07) is 0. The van der Waals surface area contributed by atoms with E-state index in [1.807, 2.05) is 20.8 Å². The minimum absolute atomic E-state index is 0.773. The first kappa shape index (κ1) is 10.2. The predicted octanol–water partition coefficient (Wildman–Crippen LogP) is 3.33. The van der Waals surface area contributed by atoms with Crippen LogP contribution in [-0.2, 0) is 0 Å². The van der Waals surface area contributed by atoms with E-state index in [4.69, 9.17) is 5.41 Å². The summed E-state index contributed by atoms with van der Waals surface area (Å²) in [6.45, 7) is 9.85. The molecule has 1 heteroatoms. The van der Waals surface area contributed by atoms with E-state index in [1.54, 1.807) is 0 Å². The van der Waals surface area contributed by atoms with Gasteiger partial charge in [-0.15, -0.1) is 0 Å². The maximum Gasteiger partial charge on any atom is 0.0124 e. The summed E-state index contributed by atoms with van der Waals surface area (Å²) in [4.78, 5) is 0. The van der Waals surface area contributed by atoms with Gasteiger partial charge in [0.15, 0.2) is 0 Å². The zero-order valence-electron chi connectivity index (χ0n) is 7.70. The van der Waals surface area contributed by atoms with Gasteiger partial charge in [0, 0.05) is 12.1 Å². The van der Waals surface area contributed by atoms with Crippen molar-refractivity contribution in [3.63, 3.8) is 0 Å². The normalized spacial score (nSPS) is 11.4. The minimum atomic E-state index is 0.773. The van der Waals surface area contributed by atoms with Gasteiger partial charge in [-0.25, -0.2) is 0 Å². The van der Waals surface area contributed by atoms with Gasteiger partial charge in [0.2, 0.25) is 0 Å². The fourth-order valence-corrected chi connectivity index (χ4v) is 0.595. The van der Waals surface area contributed by atoms with Gasteiger partial charge in [0.25, 0.3) is 0 Å². The van der Waals surface area contributed by atoms with E-state index < -0.39 is 0 Å². The molecule has 0 aliphatic heterocycles. The van der Waals surface area contributed by atoms with Gasteiger partial charge < -0.3 is 5.41 Å². The van der Waals surface area contributed by atoms with E-state index in [1.165, 1.54) is 5.57 Å². The maximum atomic E-state index is 7.40. The molecule has 0 rings (SSSR count). The third kappa shape index (κ3) is 4.54. The van der Waals surface area contributed by atoms with E-state index in [0.29, 0.717) is 0 Å². The Kier molecular flexibility index (Phi) is 4.51. The van der Waals surface area contributed by atoms with Crippen molar-refractivity contribution in [1.29, 1.82) is 5.41 Å². The molecule has 0 atom stereocenters. The van der Waals surface area contributed by atoms with Crippen molar-refractivity contribution in [2.45, 2.75) is 33.6 Å². The molecule has 1 N–H and O–H groups in total. The molecule has 0 aliphatic carbocycles. The van der Waals surface area contributed by atoms with Crippen molar-refractivity contribution >= 4 is 5.71 Å². The quantitative estimate of drug-likeness (QED) is 0.470. The lowest BCUT2D eigenvalue weighted by Crippen LogP contribution is -1.90. The fraction of sp³-hybridized carbons (Fsp3) is 0.500. The summed E-state index contributed by atoms with van der Waals surface area (Å²) >= 11 is 0. The highest BCUT2D eigenvalue weighted by atomic mass is 14.4. The van der Waals surface area contributed by atoms with Gasteiger partial charge in [0.1, 0.15) is 0 Å². The zero-order chi connectivity index (χ0) is 8.85. The van der Waals surface area contributed by atoms with E-state index >= 15 is 0 Å². The number of nitrogens with one attached hydrogen (secondary N) is 1. The van der Waals surface area contributed by atoms with Crippen LogP contribution in [0.3, 0.4) is 0 Å². The molecule has 0 aromatic heterocycles. The third-order valence-corrected chi connectivity index (χ3v) is 1.75. The Morgan fingerprint density at radius 1 is 1.45 bits per heavy atom. The molecule has 0 radical (unpaired) electrons. The molecule has 0 aromatic carbocycles. The molecular weight excluding hydrogens is 134 g/mol. The maximum absolute atomic E-state index is 7.40. The van der Waals surface area contributed by atoms with Crippen molar-refractivity contribution in [1.82, 2.24) is 0 Å². The molecule has 1 nitrogen and oxygen atoms in total. The lowest BCUT2D eigenvalue weighted by atomic mass is 10.1. The summed E-state index contributed by atoms with van der Waals surface area (Å²) in [7, 11) is 0. The van der Waals surface area contributed by atoms with Crippen LogP contribution in [0.15, 0.2) is 23.8 Å². The first-order valence-electron chi connectivity index (χ1n) is 3.96. The molecule has 0 heterocycles. The highest BCUT2D eigenvalue weighted by Crippen LogP contribution is 2.06. The number of hydrogen-bond acceptors (Lipinski definition) is 1. The van der Waals surface area contributed by atoms with Gasteiger partial charge in [-0.05, 0) is 20.3 Å². The van der Waals surface area contributed by atoms with Crippen LogP contribution in [0.4, 0.5) is 0 Å². The first-order chi connectivity index (χ1) is 5.07. The molecule has 0 aromatic rings. The molecule has 62 valence electrons. The van der Waals surface area contributed by atoms with Crippen molar-refractivity contribution in [2.24, 2.45) is 0 Å². The van der Waals surface area contributed by atoms with Crippen molar-refractivity contribution in [3.8, 4) is 0 Å². The largest absolute Gasteiger partial charge is 0.309 e. The van der Waals surface area contributed by atoms with E-state index in [2.05, 4.69) is 12.7 Å². The second-order valence-corrected chi connectivity index (χ2v) is 2.83. The van der Waals surface area contributed by atoms with Crippen molar-refractivity contribution in [2.75, 3.05) is 0 Å². The molecular formula is C10H17N. The Labute approximate surface area is 69.3 Å². The summed E-state index contributed by atoms with van der Waals surface area (Å²) in [5, 5.41) is 7.40. The minimum Gasteiger partial charge on any atom is -0.309 e. The van der Waals surface area contributed by atoms with Crippen LogP contribution in [0.2, 0.25) is 0 Å². The SMILES string of the molecule is C=C(C)/C(C)=C\CC(=N)CC. The standard InChI is InChI=1S/C10H17N/c1-5-10(11)7-6-9(4)8(2)3/h6,11H,2,5,7H2,1,3-4H3/b9-6-,11-10?. The van der Waals surface area contributed by atoms with Crippen LogP contribution in [0.25, 0.3) is 0 Å². The average Bonchev–Trinajstić information content (AvgIpc) is 1.99. The molecule has 0 spiro atoms. The van der Waals surface area contributed by atoms with Gasteiger partial charge >= 0.3 is 0 Å². The summed E-state index contributed by atoms with van der Waals surface area (Å²) in [5.41, 5.74) is 3.07. The van der Waals surface area contributed by atoms with Crippen LogP contribution in [0, 0.1) is 5.41 Å². The average molecular weight is 151 g/mol. The number of hydrogen-bond donors (Lipinski definition) is 1. The second-order valence-electron chi connectivity index (χ2n) is 2.83. The summed E-state index contributed by atoms with van der Waals surface area (Å²) in [5.74, 6) is 0. The van der Waals surface area contributed by atoms with Crippen LogP contribution in [0.5, 0.6) is 0 Å². The van der Waals surface area contributed by atoms with Crippen LogP contribution in [-0.4, -0.2) is 5.71 Å². The Bertz CT molecular complexity index is 187. The van der Waals surface area contributed by atoms with Gasteiger partial charge in [-0.2, -0.15) is 0 Å². The van der Waals surface area contributed by atoms with Crippen molar-refractivity contribution < 1.29 is 0 Å². The van der Waals surface area contributed by atoms with E-state index in [0.717, 1.165) is 24.1 Å². The topological polar surface area (TPSA) is 23.9 Å². The lowest BCUT2D eigenvalue weighted by Gasteiger charge is -1.98. The summed E-state index contributed by atoms with van der Waals surface area (Å²) < 4.78 is 0. The zero-order valence-corrected chi connectivity index (χ0v) is 7.70. The van der Waals surface area contributed by atoms with Gasteiger partial charge in [-0.1, -0.05) is 30.7 Å². The molecule has 0 aliphatic rings. The van der Waals surface area contributed by atoms with E-state index in [9.17, 15) is 0 Å². The molecule has 11 heavy (non-hydrogen) atoms. The first-order valence-corrected chi connectivity index (χ1v) is 3.96. The fourth-order valence-electron chi connectivity index (χ4n) is 0.595. The third-order valence-electron chi connectivity index (χ3n) is 1.75. The molecule has 0 amide bonds. The highest BCUT2D eigenvalue weighted by molar-refractivity contribution is 5.82. The van der Waals surface area contributed by atoms with Crippen LogP contribution in [0.1, 0.15) is 33.6 Å². The Hall–Kier alpha value is -0.850. The Morgan fingerprint density at radius 2 is 2.00 bits per heavy atom. The highest BCUT2D eigenvalue weighted by Gasteiger charge is 1.91. The monoisotopic (exact) mass is 151 g/mol.